The minimum Gasteiger partial charge on any atom is -0.463 e. The van der Waals surface area contributed by atoms with E-state index in [9.17, 15) is 4.79 Å². The smallest absolute Gasteiger partial charge is 0.376 e. The van der Waals surface area contributed by atoms with E-state index in [1.807, 2.05) is 6.92 Å². The number of nitrogens with zero attached hydrogens (tertiary/aromatic N) is 2. The van der Waals surface area contributed by atoms with Gasteiger partial charge in [-0.3, -0.25) is 0 Å². The van der Waals surface area contributed by atoms with Crippen LogP contribution >= 0.6 is 15.9 Å². The van der Waals surface area contributed by atoms with Gasteiger partial charge in [0, 0.05) is 6.54 Å². The van der Waals surface area contributed by atoms with Gasteiger partial charge >= 0.3 is 5.97 Å². The van der Waals surface area contributed by atoms with Crippen LogP contribution in [0.5, 0.6) is 0 Å². The molecule has 0 bridgehead atoms. The standard InChI is InChI=1S/C9H12BrN3O2/c1-4-11-7-6(10)5(2)12-8(13-7)9(14)15-3/h4H2,1-3H3,(H,11,12,13). The van der Waals surface area contributed by atoms with Gasteiger partial charge in [-0.2, -0.15) is 0 Å². The lowest BCUT2D eigenvalue weighted by Gasteiger charge is -2.08. The number of rotatable bonds is 3. The van der Waals surface area contributed by atoms with Crippen LogP contribution < -0.4 is 5.32 Å². The maximum Gasteiger partial charge on any atom is 0.376 e. The van der Waals surface area contributed by atoms with Gasteiger partial charge in [0.2, 0.25) is 5.82 Å². The number of carbonyl (C=O) groups excluding carboxylic acids is 1. The molecule has 0 saturated carbocycles. The average Bonchev–Trinajstić information content (AvgIpc) is 2.23. The van der Waals surface area contributed by atoms with Crippen molar-refractivity contribution in [3.05, 3.63) is 16.0 Å². The summed E-state index contributed by atoms with van der Waals surface area (Å²) in [4.78, 5) is 19.3. The van der Waals surface area contributed by atoms with Crippen LogP contribution in [0.2, 0.25) is 0 Å². The maximum atomic E-state index is 11.2. The number of halogens is 1. The summed E-state index contributed by atoms with van der Waals surface area (Å²) in [6.45, 7) is 4.45. The highest BCUT2D eigenvalue weighted by Crippen LogP contribution is 2.22. The lowest BCUT2D eigenvalue weighted by atomic mass is 10.4. The predicted molar refractivity (Wildman–Crippen MR) is 60.0 cm³/mol. The number of methoxy groups -OCH3 is 1. The fraction of sp³-hybridized carbons (Fsp3) is 0.444. The molecule has 0 radical (unpaired) electrons. The fourth-order valence-electron chi connectivity index (χ4n) is 1.03. The van der Waals surface area contributed by atoms with Crippen LogP contribution in [0.25, 0.3) is 0 Å². The molecule has 0 aliphatic carbocycles. The van der Waals surface area contributed by atoms with E-state index in [4.69, 9.17) is 0 Å². The van der Waals surface area contributed by atoms with Crippen molar-refractivity contribution < 1.29 is 9.53 Å². The van der Waals surface area contributed by atoms with Crippen LogP contribution in [-0.2, 0) is 4.74 Å². The first-order valence-electron chi connectivity index (χ1n) is 4.46. The molecule has 0 aliphatic heterocycles. The Balaban J connectivity index is 3.16. The summed E-state index contributed by atoms with van der Waals surface area (Å²) < 4.78 is 5.32. The zero-order chi connectivity index (χ0) is 11.4. The maximum absolute atomic E-state index is 11.2. The molecular weight excluding hydrogens is 262 g/mol. The average molecular weight is 274 g/mol. The third kappa shape index (κ3) is 2.65. The van der Waals surface area contributed by atoms with Crippen molar-refractivity contribution >= 4 is 27.7 Å². The highest BCUT2D eigenvalue weighted by Gasteiger charge is 2.14. The molecule has 1 rings (SSSR count). The van der Waals surface area contributed by atoms with Crippen molar-refractivity contribution in [2.24, 2.45) is 0 Å². The van der Waals surface area contributed by atoms with Crippen LogP contribution in [0.15, 0.2) is 4.47 Å². The third-order valence-electron chi connectivity index (χ3n) is 1.73. The van der Waals surface area contributed by atoms with E-state index in [1.165, 1.54) is 7.11 Å². The van der Waals surface area contributed by atoms with E-state index in [1.54, 1.807) is 6.92 Å². The number of aromatic nitrogens is 2. The summed E-state index contributed by atoms with van der Waals surface area (Å²) in [6.07, 6.45) is 0. The number of esters is 1. The Morgan fingerprint density at radius 3 is 2.73 bits per heavy atom. The van der Waals surface area contributed by atoms with Crippen molar-refractivity contribution in [1.29, 1.82) is 0 Å². The van der Waals surface area contributed by atoms with Gasteiger partial charge in [-0.1, -0.05) is 0 Å². The SMILES string of the molecule is CCNc1nc(C(=O)OC)nc(C)c1Br. The Bertz CT molecular complexity index is 382. The molecule has 82 valence electrons. The minimum absolute atomic E-state index is 0.0640. The Kier molecular flexibility index (Phi) is 4.02. The molecule has 6 heteroatoms. The van der Waals surface area contributed by atoms with Crippen molar-refractivity contribution in [2.75, 3.05) is 19.0 Å². The molecule has 0 amide bonds. The van der Waals surface area contributed by atoms with E-state index in [0.717, 1.165) is 11.0 Å². The first-order chi connectivity index (χ1) is 7.10. The second-order valence-corrected chi connectivity index (χ2v) is 3.61. The number of hydrogen-bond donors (Lipinski definition) is 1. The number of carbonyl (C=O) groups is 1. The van der Waals surface area contributed by atoms with Crippen molar-refractivity contribution in [1.82, 2.24) is 9.97 Å². The molecule has 1 heterocycles. The Morgan fingerprint density at radius 1 is 1.53 bits per heavy atom. The van der Waals surface area contributed by atoms with Gasteiger partial charge < -0.3 is 10.1 Å². The quantitative estimate of drug-likeness (QED) is 0.851. The van der Waals surface area contributed by atoms with E-state index in [-0.39, 0.29) is 5.82 Å². The van der Waals surface area contributed by atoms with Gasteiger partial charge in [-0.15, -0.1) is 0 Å². The summed E-state index contributed by atoms with van der Waals surface area (Å²) in [5, 5.41) is 3.03. The molecule has 0 aliphatic rings. The molecule has 0 atom stereocenters. The number of anilines is 1. The number of nitrogens with one attached hydrogen (secondary N) is 1. The molecule has 0 unspecified atom stereocenters. The largest absolute Gasteiger partial charge is 0.463 e. The van der Waals surface area contributed by atoms with E-state index < -0.39 is 5.97 Å². The highest BCUT2D eigenvalue weighted by atomic mass is 79.9. The second kappa shape index (κ2) is 5.06. The molecule has 15 heavy (non-hydrogen) atoms. The number of hydrogen-bond acceptors (Lipinski definition) is 5. The predicted octanol–water partition coefficient (Wildman–Crippen LogP) is 1.77. The first-order valence-corrected chi connectivity index (χ1v) is 5.25. The molecular formula is C9H12BrN3O2. The van der Waals surface area contributed by atoms with Gasteiger partial charge in [0.25, 0.3) is 0 Å². The van der Waals surface area contributed by atoms with Crippen molar-refractivity contribution in [2.45, 2.75) is 13.8 Å². The summed E-state index contributed by atoms with van der Waals surface area (Å²) in [6, 6.07) is 0. The van der Waals surface area contributed by atoms with Crippen LogP contribution in [0.3, 0.4) is 0 Å². The van der Waals surface area contributed by atoms with Gasteiger partial charge in [-0.25, -0.2) is 14.8 Å². The zero-order valence-electron chi connectivity index (χ0n) is 8.80. The monoisotopic (exact) mass is 273 g/mol. The topological polar surface area (TPSA) is 64.1 Å². The molecule has 0 saturated heterocycles. The lowest BCUT2D eigenvalue weighted by molar-refractivity contribution is 0.0586. The first kappa shape index (κ1) is 11.9. The van der Waals surface area contributed by atoms with E-state index in [2.05, 4.69) is 36.0 Å². The van der Waals surface area contributed by atoms with Crippen LogP contribution in [-0.4, -0.2) is 29.6 Å². The van der Waals surface area contributed by atoms with Gasteiger partial charge in [0.05, 0.1) is 17.3 Å². The van der Waals surface area contributed by atoms with Crippen LogP contribution in [0.4, 0.5) is 5.82 Å². The Labute approximate surface area is 96.4 Å². The summed E-state index contributed by atoms with van der Waals surface area (Å²) in [5.74, 6) is 0.129. The molecule has 5 nitrogen and oxygen atoms in total. The lowest BCUT2D eigenvalue weighted by Crippen LogP contribution is -2.12. The van der Waals surface area contributed by atoms with Crippen LogP contribution in [0, 0.1) is 6.92 Å². The van der Waals surface area contributed by atoms with Crippen LogP contribution in [0.1, 0.15) is 23.2 Å². The van der Waals surface area contributed by atoms with E-state index >= 15 is 0 Å². The normalized spacial score (nSPS) is 9.87. The molecule has 0 aromatic carbocycles. The number of ether oxygens (including phenoxy) is 1. The Morgan fingerprint density at radius 2 is 2.20 bits per heavy atom. The van der Waals surface area contributed by atoms with Gasteiger partial charge in [0.1, 0.15) is 5.82 Å². The Hall–Kier alpha value is -1.17. The van der Waals surface area contributed by atoms with Gasteiger partial charge in [0.15, 0.2) is 0 Å². The van der Waals surface area contributed by atoms with Crippen molar-refractivity contribution in [3.8, 4) is 0 Å². The zero-order valence-corrected chi connectivity index (χ0v) is 10.4. The van der Waals surface area contributed by atoms with E-state index in [0.29, 0.717) is 11.5 Å². The molecule has 0 fully saturated rings. The molecule has 1 aromatic heterocycles. The van der Waals surface area contributed by atoms with Crippen molar-refractivity contribution in [3.63, 3.8) is 0 Å². The molecule has 1 aromatic rings. The molecule has 1 N–H and O–H groups in total. The summed E-state index contributed by atoms with van der Waals surface area (Å²) in [7, 11) is 1.30. The number of aryl methyl sites for hydroxylation is 1. The molecule has 0 spiro atoms. The summed E-state index contributed by atoms with van der Waals surface area (Å²) in [5.41, 5.74) is 0.696. The summed E-state index contributed by atoms with van der Waals surface area (Å²) >= 11 is 3.35. The third-order valence-corrected chi connectivity index (χ3v) is 2.68. The second-order valence-electron chi connectivity index (χ2n) is 2.82. The minimum atomic E-state index is -0.537. The fourth-order valence-corrected chi connectivity index (χ4v) is 1.34. The van der Waals surface area contributed by atoms with Gasteiger partial charge in [-0.05, 0) is 29.8 Å². The highest BCUT2D eigenvalue weighted by molar-refractivity contribution is 9.10.